The summed E-state index contributed by atoms with van der Waals surface area (Å²) < 4.78 is 7.21. The van der Waals surface area contributed by atoms with Crippen LogP contribution in [0.2, 0.25) is 0 Å². The van der Waals surface area contributed by atoms with Gasteiger partial charge in [0, 0.05) is 6.07 Å². The monoisotopic (exact) mass is 338 g/mol. The standard InChI is InChI=1S/C17H18N6O2/c1-11-4-12(2)6-14(5-11)25-13(3)17(24)22-15-7-16(20-9-19-15)23-10-18-8-21-23/h4-10,13H,1-3H3,(H,19,20,22,24). The Morgan fingerprint density at radius 2 is 1.88 bits per heavy atom. The Morgan fingerprint density at radius 3 is 2.56 bits per heavy atom. The number of ether oxygens (including phenoxy) is 1. The summed E-state index contributed by atoms with van der Waals surface area (Å²) in [7, 11) is 0. The number of hydrogen-bond donors (Lipinski definition) is 1. The van der Waals surface area contributed by atoms with Gasteiger partial charge < -0.3 is 10.1 Å². The van der Waals surface area contributed by atoms with Crippen molar-refractivity contribution in [1.82, 2.24) is 24.7 Å². The fraction of sp³-hybridized carbons (Fsp3) is 0.235. The van der Waals surface area contributed by atoms with E-state index in [0.717, 1.165) is 11.1 Å². The first kappa shape index (κ1) is 16.6. The third-order valence-corrected chi connectivity index (χ3v) is 3.43. The average molecular weight is 338 g/mol. The number of carbonyl (C=O) groups is 1. The second-order valence-corrected chi connectivity index (χ2v) is 5.67. The molecule has 0 saturated carbocycles. The zero-order valence-electron chi connectivity index (χ0n) is 14.2. The number of anilines is 1. The van der Waals surface area contributed by atoms with Gasteiger partial charge in [0.1, 0.15) is 30.5 Å². The minimum atomic E-state index is -0.675. The average Bonchev–Trinajstić information content (AvgIpc) is 3.08. The summed E-state index contributed by atoms with van der Waals surface area (Å²) in [6.45, 7) is 5.65. The van der Waals surface area contributed by atoms with Gasteiger partial charge in [-0.15, -0.1) is 0 Å². The molecular formula is C17H18N6O2. The molecule has 0 saturated heterocycles. The Labute approximate surface area is 144 Å². The van der Waals surface area contributed by atoms with Gasteiger partial charge in [0.25, 0.3) is 5.91 Å². The molecule has 0 bridgehead atoms. The van der Waals surface area contributed by atoms with Crippen molar-refractivity contribution < 1.29 is 9.53 Å². The van der Waals surface area contributed by atoms with E-state index in [1.54, 1.807) is 13.0 Å². The molecule has 0 aliphatic carbocycles. The molecule has 1 atom stereocenters. The van der Waals surface area contributed by atoms with E-state index in [4.69, 9.17) is 4.74 Å². The molecule has 2 heterocycles. The lowest BCUT2D eigenvalue weighted by molar-refractivity contribution is -0.122. The number of benzene rings is 1. The molecule has 0 aliphatic heterocycles. The van der Waals surface area contributed by atoms with Gasteiger partial charge in [0.2, 0.25) is 0 Å². The maximum absolute atomic E-state index is 12.4. The van der Waals surface area contributed by atoms with E-state index < -0.39 is 6.10 Å². The van der Waals surface area contributed by atoms with Crippen LogP contribution in [0.25, 0.3) is 5.82 Å². The van der Waals surface area contributed by atoms with E-state index in [1.165, 1.54) is 23.7 Å². The third-order valence-electron chi connectivity index (χ3n) is 3.43. The van der Waals surface area contributed by atoms with Crippen LogP contribution in [-0.2, 0) is 4.79 Å². The summed E-state index contributed by atoms with van der Waals surface area (Å²) in [4.78, 5) is 24.4. The first-order valence-electron chi connectivity index (χ1n) is 7.74. The number of rotatable bonds is 5. The van der Waals surface area contributed by atoms with Gasteiger partial charge in [-0.3, -0.25) is 4.79 Å². The van der Waals surface area contributed by atoms with Crippen molar-refractivity contribution in [2.24, 2.45) is 0 Å². The fourth-order valence-corrected chi connectivity index (χ4v) is 2.35. The molecule has 128 valence electrons. The van der Waals surface area contributed by atoms with Crippen molar-refractivity contribution >= 4 is 11.7 Å². The summed E-state index contributed by atoms with van der Waals surface area (Å²) in [5, 5.41) is 6.71. The quantitative estimate of drug-likeness (QED) is 0.765. The lowest BCUT2D eigenvalue weighted by Gasteiger charge is -2.15. The molecule has 1 aromatic carbocycles. The fourth-order valence-electron chi connectivity index (χ4n) is 2.35. The first-order valence-corrected chi connectivity index (χ1v) is 7.74. The molecule has 0 radical (unpaired) electrons. The topological polar surface area (TPSA) is 94.8 Å². The third kappa shape index (κ3) is 4.17. The van der Waals surface area contributed by atoms with Crippen LogP contribution >= 0.6 is 0 Å². The number of carbonyl (C=O) groups excluding carboxylic acids is 1. The minimum Gasteiger partial charge on any atom is -0.481 e. The van der Waals surface area contributed by atoms with Crippen LogP contribution in [0, 0.1) is 13.8 Å². The molecule has 3 rings (SSSR count). The number of amides is 1. The molecule has 1 unspecified atom stereocenters. The number of nitrogens with one attached hydrogen (secondary N) is 1. The predicted octanol–water partition coefficient (Wildman–Crippen LogP) is 2.08. The molecule has 0 aliphatic rings. The normalized spacial score (nSPS) is 11.8. The van der Waals surface area contributed by atoms with Gasteiger partial charge in [-0.25, -0.2) is 19.6 Å². The Bertz CT molecular complexity index is 858. The predicted molar refractivity (Wildman–Crippen MR) is 91.6 cm³/mol. The number of aryl methyl sites for hydroxylation is 2. The highest BCUT2D eigenvalue weighted by atomic mass is 16.5. The molecule has 1 N–H and O–H groups in total. The lowest BCUT2D eigenvalue weighted by Crippen LogP contribution is -2.30. The summed E-state index contributed by atoms with van der Waals surface area (Å²) in [5.74, 6) is 1.22. The van der Waals surface area contributed by atoms with Crippen molar-refractivity contribution in [1.29, 1.82) is 0 Å². The maximum Gasteiger partial charge on any atom is 0.266 e. The van der Waals surface area contributed by atoms with Crippen molar-refractivity contribution in [2.75, 3.05) is 5.32 Å². The van der Waals surface area contributed by atoms with Gasteiger partial charge in [0.05, 0.1) is 0 Å². The van der Waals surface area contributed by atoms with Crippen molar-refractivity contribution in [3.05, 3.63) is 54.4 Å². The van der Waals surface area contributed by atoms with Crippen LogP contribution in [0.15, 0.2) is 43.2 Å². The molecular weight excluding hydrogens is 320 g/mol. The maximum atomic E-state index is 12.4. The van der Waals surface area contributed by atoms with Gasteiger partial charge in [-0.2, -0.15) is 5.10 Å². The van der Waals surface area contributed by atoms with Crippen LogP contribution in [0.5, 0.6) is 5.75 Å². The smallest absolute Gasteiger partial charge is 0.266 e. The highest BCUT2D eigenvalue weighted by molar-refractivity contribution is 5.93. The minimum absolute atomic E-state index is 0.303. The van der Waals surface area contributed by atoms with Crippen LogP contribution in [0.3, 0.4) is 0 Å². The SMILES string of the molecule is Cc1cc(C)cc(OC(C)C(=O)Nc2cc(-n3cncn3)ncn2)c1. The van der Waals surface area contributed by atoms with Crippen molar-refractivity contribution in [2.45, 2.75) is 26.9 Å². The molecule has 8 nitrogen and oxygen atoms in total. The summed E-state index contributed by atoms with van der Waals surface area (Å²) >= 11 is 0. The van der Waals surface area contributed by atoms with E-state index in [1.807, 2.05) is 32.0 Å². The Balaban J connectivity index is 1.68. The van der Waals surface area contributed by atoms with Crippen LogP contribution < -0.4 is 10.1 Å². The second-order valence-electron chi connectivity index (χ2n) is 5.67. The molecule has 25 heavy (non-hydrogen) atoms. The summed E-state index contributed by atoms with van der Waals surface area (Å²) in [5.41, 5.74) is 2.16. The zero-order chi connectivity index (χ0) is 17.8. The number of hydrogen-bond acceptors (Lipinski definition) is 6. The Hall–Kier alpha value is -3.29. The zero-order valence-corrected chi connectivity index (χ0v) is 14.2. The Morgan fingerprint density at radius 1 is 1.12 bits per heavy atom. The van der Waals surface area contributed by atoms with Gasteiger partial charge in [0.15, 0.2) is 11.9 Å². The van der Waals surface area contributed by atoms with Crippen LogP contribution in [0.1, 0.15) is 18.1 Å². The van der Waals surface area contributed by atoms with E-state index in [0.29, 0.717) is 17.4 Å². The molecule has 0 spiro atoms. The van der Waals surface area contributed by atoms with E-state index in [-0.39, 0.29) is 5.91 Å². The van der Waals surface area contributed by atoms with Crippen molar-refractivity contribution in [3.63, 3.8) is 0 Å². The van der Waals surface area contributed by atoms with Gasteiger partial charge in [-0.1, -0.05) is 6.07 Å². The Kier molecular flexibility index (Phi) is 4.69. The molecule has 3 aromatic rings. The van der Waals surface area contributed by atoms with Gasteiger partial charge >= 0.3 is 0 Å². The highest BCUT2D eigenvalue weighted by Crippen LogP contribution is 2.18. The van der Waals surface area contributed by atoms with Crippen molar-refractivity contribution in [3.8, 4) is 11.6 Å². The van der Waals surface area contributed by atoms with E-state index in [2.05, 4.69) is 25.4 Å². The molecule has 1 amide bonds. The van der Waals surface area contributed by atoms with Crippen LogP contribution in [-0.4, -0.2) is 36.7 Å². The largest absolute Gasteiger partial charge is 0.481 e. The summed E-state index contributed by atoms with van der Waals surface area (Å²) in [6.07, 6.45) is 3.59. The van der Waals surface area contributed by atoms with E-state index in [9.17, 15) is 4.79 Å². The second kappa shape index (κ2) is 7.08. The van der Waals surface area contributed by atoms with Crippen LogP contribution in [0.4, 0.5) is 5.82 Å². The van der Waals surface area contributed by atoms with E-state index >= 15 is 0 Å². The first-order chi connectivity index (χ1) is 12.0. The number of aromatic nitrogens is 5. The van der Waals surface area contributed by atoms with Gasteiger partial charge in [-0.05, 0) is 44.0 Å². The lowest BCUT2D eigenvalue weighted by atomic mass is 10.1. The molecule has 0 fully saturated rings. The molecule has 2 aromatic heterocycles. The number of nitrogens with zero attached hydrogens (tertiary/aromatic N) is 5. The highest BCUT2D eigenvalue weighted by Gasteiger charge is 2.16. The summed E-state index contributed by atoms with van der Waals surface area (Å²) in [6, 6.07) is 7.44. The molecule has 8 heteroatoms.